The molecule has 2 amide bonds. The molecular formula is C32H29ClF3N9O4. The van der Waals surface area contributed by atoms with Crippen molar-refractivity contribution in [1.82, 2.24) is 29.4 Å². The monoisotopic (exact) mass is 695 g/mol. The number of halogens is 4. The molecule has 254 valence electrons. The van der Waals surface area contributed by atoms with Crippen LogP contribution in [-0.2, 0) is 29.4 Å². The maximum Gasteiger partial charge on any atom is 0.416 e. The Morgan fingerprint density at radius 3 is 2.47 bits per heavy atom. The molecule has 49 heavy (non-hydrogen) atoms. The molecule has 17 heteroatoms. The topological polar surface area (TPSA) is 170 Å². The molecule has 0 bridgehead atoms. The number of piperazine rings is 1. The highest BCUT2D eigenvalue weighted by Crippen LogP contribution is 2.46. The van der Waals surface area contributed by atoms with Crippen LogP contribution >= 0.6 is 11.6 Å². The van der Waals surface area contributed by atoms with Crippen LogP contribution in [0.2, 0.25) is 5.02 Å². The fourth-order valence-corrected chi connectivity index (χ4v) is 6.13. The Hall–Kier alpha value is -5.30. The Balaban J connectivity index is 1.36. The summed E-state index contributed by atoms with van der Waals surface area (Å²) in [6, 6.07) is 4.83. The van der Waals surface area contributed by atoms with Crippen molar-refractivity contribution in [2.24, 2.45) is 0 Å². The van der Waals surface area contributed by atoms with Crippen LogP contribution in [-0.4, -0.2) is 72.5 Å². The summed E-state index contributed by atoms with van der Waals surface area (Å²) >= 11 is 6.09. The third-order valence-electron chi connectivity index (χ3n) is 8.79. The van der Waals surface area contributed by atoms with Crippen LogP contribution in [0.1, 0.15) is 52.9 Å². The van der Waals surface area contributed by atoms with E-state index in [0.717, 1.165) is 18.2 Å². The summed E-state index contributed by atoms with van der Waals surface area (Å²) in [5.74, 6) is -1.45. The van der Waals surface area contributed by atoms with E-state index >= 15 is 0 Å². The number of aryl methyl sites for hydroxylation is 1. The number of benzene rings is 1. The first kappa shape index (κ1) is 33.6. The highest BCUT2D eigenvalue weighted by molar-refractivity contribution is 6.33. The van der Waals surface area contributed by atoms with Crippen LogP contribution in [0.4, 0.5) is 24.5 Å². The summed E-state index contributed by atoms with van der Waals surface area (Å²) in [5.41, 5.74) is -1.10. The summed E-state index contributed by atoms with van der Waals surface area (Å²) in [6.07, 6.45) is -0.610. The van der Waals surface area contributed by atoms with Gasteiger partial charge in [-0.25, -0.2) is 19.9 Å². The Bertz CT molecular complexity index is 2100. The predicted octanol–water partition coefficient (Wildman–Crippen LogP) is 3.99. The highest BCUT2D eigenvalue weighted by Gasteiger charge is 2.47. The van der Waals surface area contributed by atoms with E-state index < -0.39 is 40.9 Å². The van der Waals surface area contributed by atoms with Gasteiger partial charge in [-0.15, -0.1) is 0 Å². The van der Waals surface area contributed by atoms with Gasteiger partial charge in [0.15, 0.2) is 22.6 Å². The Morgan fingerprint density at radius 1 is 1.14 bits per heavy atom. The standard InChI is InChI=1S/C32H29ClF3N9O4/c1-3-21-26(43-8-10-44(11-9-43)30(49)25-27(47)17(2)39-16-40-25)28(48)24-29(38-13-22(42-24)31(15-37)6-7-31)45(21)14-23(46)41-20-5-4-18(12-19(20)33)32(34,35)36/h4-5,12-13,16,47H,3,6-11,14H2,1-2H3,(H,41,46). The Kier molecular flexibility index (Phi) is 8.65. The van der Waals surface area contributed by atoms with Crippen molar-refractivity contribution in [1.29, 1.82) is 5.26 Å². The third kappa shape index (κ3) is 6.21. The minimum atomic E-state index is -4.62. The first-order valence-corrected chi connectivity index (χ1v) is 15.7. The first-order valence-electron chi connectivity index (χ1n) is 15.3. The summed E-state index contributed by atoms with van der Waals surface area (Å²) in [4.78, 5) is 61.1. The predicted molar refractivity (Wildman–Crippen MR) is 171 cm³/mol. The van der Waals surface area contributed by atoms with Gasteiger partial charge in [0.05, 0.1) is 39.9 Å². The van der Waals surface area contributed by atoms with Crippen molar-refractivity contribution in [2.45, 2.75) is 51.2 Å². The number of nitrogens with zero attached hydrogens (tertiary/aromatic N) is 8. The van der Waals surface area contributed by atoms with E-state index in [2.05, 4.69) is 31.3 Å². The largest absolute Gasteiger partial charge is 0.504 e. The highest BCUT2D eigenvalue weighted by atomic mass is 35.5. The fraction of sp³-hybridized carbons (Fsp3) is 0.375. The molecule has 1 saturated heterocycles. The van der Waals surface area contributed by atoms with Gasteiger partial charge in [0.25, 0.3) is 5.91 Å². The van der Waals surface area contributed by atoms with E-state index in [4.69, 9.17) is 11.6 Å². The number of nitrogens with one attached hydrogen (secondary N) is 1. The summed E-state index contributed by atoms with van der Waals surface area (Å²) in [7, 11) is 0. The van der Waals surface area contributed by atoms with Gasteiger partial charge in [0.2, 0.25) is 11.3 Å². The maximum atomic E-state index is 14.2. The van der Waals surface area contributed by atoms with Crippen molar-refractivity contribution < 1.29 is 27.9 Å². The number of hydrogen-bond donors (Lipinski definition) is 2. The average Bonchev–Trinajstić information content (AvgIpc) is 3.88. The van der Waals surface area contributed by atoms with Gasteiger partial charge in [-0.2, -0.15) is 18.4 Å². The summed E-state index contributed by atoms with van der Waals surface area (Å²) < 4.78 is 41.0. The van der Waals surface area contributed by atoms with Gasteiger partial charge in [-0.1, -0.05) is 18.5 Å². The van der Waals surface area contributed by atoms with E-state index in [1.165, 1.54) is 22.0 Å². The van der Waals surface area contributed by atoms with Crippen molar-refractivity contribution in [3.8, 4) is 11.8 Å². The zero-order valence-electron chi connectivity index (χ0n) is 26.3. The lowest BCUT2D eigenvalue weighted by atomic mass is 10.1. The smallest absolute Gasteiger partial charge is 0.416 e. The number of fused-ring (bicyclic) bond motifs is 1. The van der Waals surface area contributed by atoms with E-state index in [1.54, 1.807) is 18.7 Å². The zero-order chi connectivity index (χ0) is 35.2. The Morgan fingerprint density at radius 2 is 1.86 bits per heavy atom. The van der Waals surface area contributed by atoms with Gasteiger partial charge in [0, 0.05) is 31.9 Å². The number of pyridine rings is 1. The summed E-state index contributed by atoms with van der Waals surface area (Å²) in [6.45, 7) is 3.74. The molecule has 6 rings (SSSR count). The third-order valence-corrected chi connectivity index (χ3v) is 9.10. The number of rotatable bonds is 7. The minimum absolute atomic E-state index is 0.0351. The van der Waals surface area contributed by atoms with Crippen molar-refractivity contribution in [3.63, 3.8) is 0 Å². The number of aromatic hydroxyl groups is 1. The van der Waals surface area contributed by atoms with Crippen LogP contribution in [0.15, 0.2) is 35.5 Å². The van der Waals surface area contributed by atoms with Crippen molar-refractivity contribution in [3.05, 3.63) is 74.3 Å². The van der Waals surface area contributed by atoms with Gasteiger partial charge in [0.1, 0.15) is 24.0 Å². The number of nitriles is 1. The van der Waals surface area contributed by atoms with Gasteiger partial charge >= 0.3 is 6.18 Å². The lowest BCUT2D eigenvalue weighted by molar-refractivity contribution is -0.137. The van der Waals surface area contributed by atoms with Crippen LogP contribution in [0.5, 0.6) is 5.75 Å². The molecule has 1 saturated carbocycles. The second-order valence-corrected chi connectivity index (χ2v) is 12.3. The van der Waals surface area contributed by atoms with Crippen LogP contribution < -0.4 is 15.6 Å². The lowest BCUT2D eigenvalue weighted by Gasteiger charge is -2.37. The van der Waals surface area contributed by atoms with Crippen LogP contribution in [0.25, 0.3) is 11.2 Å². The van der Waals surface area contributed by atoms with E-state index in [0.29, 0.717) is 24.2 Å². The fourth-order valence-electron chi connectivity index (χ4n) is 5.90. The molecule has 2 fully saturated rings. The molecule has 3 aromatic heterocycles. The van der Waals surface area contributed by atoms with Crippen LogP contribution in [0.3, 0.4) is 0 Å². The number of hydrogen-bond acceptors (Lipinski definition) is 10. The number of anilines is 2. The number of alkyl halides is 3. The molecule has 1 aliphatic carbocycles. The molecule has 0 radical (unpaired) electrons. The van der Waals surface area contributed by atoms with E-state index in [9.17, 15) is 37.9 Å². The minimum Gasteiger partial charge on any atom is -0.504 e. The number of carbonyl (C=O) groups is 2. The van der Waals surface area contributed by atoms with Gasteiger partial charge in [-0.05, 0) is 44.4 Å². The molecule has 4 aromatic rings. The summed E-state index contributed by atoms with van der Waals surface area (Å²) in [5, 5.41) is 22.4. The van der Waals surface area contributed by atoms with Crippen molar-refractivity contribution in [2.75, 3.05) is 36.4 Å². The van der Waals surface area contributed by atoms with Gasteiger partial charge in [-0.3, -0.25) is 14.4 Å². The molecule has 13 nitrogen and oxygen atoms in total. The molecule has 4 heterocycles. The molecule has 2 aliphatic rings. The van der Waals surface area contributed by atoms with Gasteiger partial charge < -0.3 is 24.8 Å². The average molecular weight is 696 g/mol. The number of amides is 2. The molecule has 1 aliphatic heterocycles. The van der Waals surface area contributed by atoms with E-state index in [1.807, 2.05) is 0 Å². The quantitative estimate of drug-likeness (QED) is 0.288. The maximum absolute atomic E-state index is 14.2. The molecular weight excluding hydrogens is 667 g/mol. The SMILES string of the molecule is CCc1c(N2CCN(C(=O)c3ncnc(C)c3O)CC2)c(=O)c2nc(C3(C#N)CC3)cnc2n1CC(=O)Nc1ccc(C(F)(F)F)cc1Cl. The normalized spacial score (nSPS) is 15.6. The lowest BCUT2D eigenvalue weighted by Crippen LogP contribution is -2.50. The second-order valence-electron chi connectivity index (χ2n) is 11.9. The van der Waals surface area contributed by atoms with Crippen molar-refractivity contribution >= 4 is 46.0 Å². The second kappa shape index (κ2) is 12.6. The molecule has 2 N–H and O–H groups in total. The number of aromatic nitrogens is 5. The molecule has 0 atom stereocenters. The Labute approximate surface area is 282 Å². The molecule has 0 unspecified atom stereocenters. The first-order chi connectivity index (χ1) is 23.3. The molecule has 0 spiro atoms. The number of carbonyl (C=O) groups excluding carboxylic acids is 2. The van der Waals surface area contributed by atoms with E-state index in [-0.39, 0.29) is 77.3 Å². The molecule has 1 aromatic carbocycles. The zero-order valence-corrected chi connectivity index (χ0v) is 27.1. The van der Waals surface area contributed by atoms with Crippen LogP contribution in [0, 0.1) is 18.3 Å².